The van der Waals surface area contributed by atoms with E-state index in [4.69, 9.17) is 4.74 Å². The van der Waals surface area contributed by atoms with Gasteiger partial charge in [-0.05, 0) is 45.6 Å². The summed E-state index contributed by atoms with van der Waals surface area (Å²) in [7, 11) is 0. The van der Waals surface area contributed by atoms with E-state index in [0.29, 0.717) is 5.92 Å². The second-order valence-electron chi connectivity index (χ2n) is 5.30. The predicted molar refractivity (Wildman–Crippen MR) is 75.5 cm³/mol. The van der Waals surface area contributed by atoms with Gasteiger partial charge in [0.25, 0.3) is 5.91 Å². The van der Waals surface area contributed by atoms with Gasteiger partial charge in [0, 0.05) is 37.7 Å². The number of amides is 1. The van der Waals surface area contributed by atoms with Gasteiger partial charge in [-0.25, -0.2) is 0 Å². The molecule has 2 rings (SSSR count). The monoisotopic (exact) mass is 264 g/mol. The molecule has 0 radical (unpaired) electrons. The molecule has 1 atom stereocenters. The van der Waals surface area contributed by atoms with Gasteiger partial charge in [0.2, 0.25) is 0 Å². The minimum atomic E-state index is 0.0479. The lowest BCUT2D eigenvalue weighted by Crippen LogP contribution is -2.26. The Labute approximate surface area is 115 Å². The summed E-state index contributed by atoms with van der Waals surface area (Å²) in [5.74, 6) is 0.662. The third-order valence-electron chi connectivity index (χ3n) is 4.00. The molecule has 1 amide bonds. The first-order valence-electron chi connectivity index (χ1n) is 7.16. The molecule has 4 nitrogen and oxygen atoms in total. The van der Waals surface area contributed by atoms with Gasteiger partial charge in [-0.2, -0.15) is 0 Å². The number of aromatic nitrogens is 1. The van der Waals surface area contributed by atoms with Crippen molar-refractivity contribution in [2.75, 3.05) is 19.8 Å². The van der Waals surface area contributed by atoms with Gasteiger partial charge in [-0.15, -0.1) is 0 Å². The fourth-order valence-corrected chi connectivity index (χ4v) is 2.81. The Hall–Kier alpha value is -1.29. The van der Waals surface area contributed by atoms with E-state index in [9.17, 15) is 4.79 Å². The van der Waals surface area contributed by atoms with Crippen LogP contribution in [-0.4, -0.2) is 30.2 Å². The molecule has 1 aliphatic rings. The van der Waals surface area contributed by atoms with Crippen molar-refractivity contribution in [2.24, 2.45) is 5.92 Å². The van der Waals surface area contributed by atoms with Gasteiger partial charge < -0.3 is 14.6 Å². The summed E-state index contributed by atoms with van der Waals surface area (Å²) in [5, 5.41) is 3.02. The Bertz CT molecular complexity index is 445. The van der Waals surface area contributed by atoms with Crippen LogP contribution >= 0.6 is 0 Å². The van der Waals surface area contributed by atoms with Gasteiger partial charge in [0.15, 0.2) is 0 Å². The summed E-state index contributed by atoms with van der Waals surface area (Å²) >= 11 is 0. The lowest BCUT2D eigenvalue weighted by atomic mass is 10.1. The quantitative estimate of drug-likeness (QED) is 0.886. The molecule has 1 fully saturated rings. The smallest absolute Gasteiger partial charge is 0.253 e. The van der Waals surface area contributed by atoms with Crippen LogP contribution in [-0.2, 0) is 11.3 Å². The lowest BCUT2D eigenvalue weighted by Gasteiger charge is -2.09. The summed E-state index contributed by atoms with van der Waals surface area (Å²) < 4.78 is 7.50. The van der Waals surface area contributed by atoms with Crippen LogP contribution in [0.3, 0.4) is 0 Å². The van der Waals surface area contributed by atoms with Crippen LogP contribution in [0, 0.1) is 19.8 Å². The van der Waals surface area contributed by atoms with Crippen molar-refractivity contribution in [1.82, 2.24) is 9.88 Å². The van der Waals surface area contributed by atoms with Crippen molar-refractivity contribution in [2.45, 2.75) is 40.2 Å². The fourth-order valence-electron chi connectivity index (χ4n) is 2.81. The molecule has 1 aromatic rings. The van der Waals surface area contributed by atoms with E-state index in [1.807, 2.05) is 19.9 Å². The van der Waals surface area contributed by atoms with Crippen LogP contribution in [0.15, 0.2) is 6.07 Å². The van der Waals surface area contributed by atoms with E-state index >= 15 is 0 Å². The molecule has 19 heavy (non-hydrogen) atoms. The SMILES string of the molecule is CCn1c(C)cc(C(=O)NCC[C@H]2CCOC2)c1C. The van der Waals surface area contributed by atoms with Gasteiger partial charge in [-0.3, -0.25) is 4.79 Å². The molecule has 106 valence electrons. The zero-order chi connectivity index (χ0) is 13.8. The Kier molecular flexibility index (Phi) is 4.64. The van der Waals surface area contributed by atoms with Crippen LogP contribution in [0.2, 0.25) is 0 Å². The largest absolute Gasteiger partial charge is 0.381 e. The highest BCUT2D eigenvalue weighted by Gasteiger charge is 2.17. The van der Waals surface area contributed by atoms with Crippen LogP contribution in [0.5, 0.6) is 0 Å². The van der Waals surface area contributed by atoms with Crippen LogP contribution in [0.25, 0.3) is 0 Å². The summed E-state index contributed by atoms with van der Waals surface area (Å²) in [6.07, 6.45) is 2.14. The van der Waals surface area contributed by atoms with E-state index in [1.165, 1.54) is 0 Å². The molecule has 1 aromatic heterocycles. The zero-order valence-corrected chi connectivity index (χ0v) is 12.2. The Morgan fingerprint density at radius 3 is 2.89 bits per heavy atom. The molecule has 4 heteroatoms. The van der Waals surface area contributed by atoms with Crippen molar-refractivity contribution in [3.8, 4) is 0 Å². The maximum absolute atomic E-state index is 12.2. The van der Waals surface area contributed by atoms with Crippen molar-refractivity contribution in [3.63, 3.8) is 0 Å². The first-order valence-corrected chi connectivity index (χ1v) is 7.16. The van der Waals surface area contributed by atoms with Gasteiger partial charge in [0.05, 0.1) is 5.56 Å². The summed E-state index contributed by atoms with van der Waals surface area (Å²) in [5.41, 5.74) is 3.01. The second kappa shape index (κ2) is 6.24. The number of nitrogens with zero attached hydrogens (tertiary/aromatic N) is 1. The van der Waals surface area contributed by atoms with Crippen molar-refractivity contribution in [3.05, 3.63) is 23.0 Å². The number of hydrogen-bond acceptors (Lipinski definition) is 2. The lowest BCUT2D eigenvalue weighted by molar-refractivity contribution is 0.0949. The normalized spacial score (nSPS) is 18.8. The highest BCUT2D eigenvalue weighted by Crippen LogP contribution is 2.17. The third kappa shape index (κ3) is 3.18. The predicted octanol–water partition coefficient (Wildman–Crippen LogP) is 2.28. The number of hydrogen-bond donors (Lipinski definition) is 1. The fraction of sp³-hybridized carbons (Fsp3) is 0.667. The van der Waals surface area contributed by atoms with Crippen molar-refractivity contribution >= 4 is 5.91 Å². The molecule has 0 unspecified atom stereocenters. The topological polar surface area (TPSA) is 43.3 Å². The number of aryl methyl sites for hydroxylation is 1. The molecule has 1 N–H and O–H groups in total. The Balaban J connectivity index is 1.88. The number of ether oxygens (including phenoxy) is 1. The maximum atomic E-state index is 12.2. The molecular weight excluding hydrogens is 240 g/mol. The molecule has 0 bridgehead atoms. The minimum Gasteiger partial charge on any atom is -0.381 e. The van der Waals surface area contributed by atoms with E-state index in [-0.39, 0.29) is 5.91 Å². The molecule has 0 saturated carbocycles. The summed E-state index contributed by atoms with van der Waals surface area (Å²) in [6.45, 7) is 9.52. The van der Waals surface area contributed by atoms with Gasteiger partial charge in [0.1, 0.15) is 0 Å². The summed E-state index contributed by atoms with van der Waals surface area (Å²) in [4.78, 5) is 12.2. The van der Waals surface area contributed by atoms with Crippen LogP contribution < -0.4 is 5.32 Å². The van der Waals surface area contributed by atoms with Crippen LogP contribution in [0.1, 0.15) is 41.5 Å². The molecule has 1 saturated heterocycles. The standard InChI is InChI=1S/C15H24N2O2/c1-4-17-11(2)9-14(12(17)3)15(18)16-7-5-13-6-8-19-10-13/h9,13H,4-8,10H2,1-3H3,(H,16,18)/t13-/m0/s1. The highest BCUT2D eigenvalue weighted by atomic mass is 16.5. The first-order chi connectivity index (χ1) is 9.13. The molecule has 2 heterocycles. The average Bonchev–Trinajstić information content (AvgIpc) is 2.98. The van der Waals surface area contributed by atoms with E-state index < -0.39 is 0 Å². The Morgan fingerprint density at radius 2 is 2.32 bits per heavy atom. The minimum absolute atomic E-state index is 0.0479. The first kappa shape index (κ1) is 14.1. The van der Waals surface area contributed by atoms with E-state index in [2.05, 4.69) is 16.8 Å². The second-order valence-corrected chi connectivity index (χ2v) is 5.30. The van der Waals surface area contributed by atoms with E-state index in [1.54, 1.807) is 0 Å². The molecule has 0 spiro atoms. The zero-order valence-electron chi connectivity index (χ0n) is 12.2. The number of carbonyl (C=O) groups is 1. The average molecular weight is 264 g/mol. The number of rotatable bonds is 5. The molecule has 0 aliphatic carbocycles. The summed E-state index contributed by atoms with van der Waals surface area (Å²) in [6, 6.07) is 1.98. The van der Waals surface area contributed by atoms with Gasteiger partial charge >= 0.3 is 0 Å². The van der Waals surface area contributed by atoms with E-state index in [0.717, 1.165) is 56.1 Å². The molecule has 1 aliphatic heterocycles. The number of nitrogens with one attached hydrogen (secondary N) is 1. The van der Waals surface area contributed by atoms with Crippen molar-refractivity contribution in [1.29, 1.82) is 0 Å². The van der Waals surface area contributed by atoms with Gasteiger partial charge in [-0.1, -0.05) is 0 Å². The maximum Gasteiger partial charge on any atom is 0.253 e. The molecule has 0 aromatic carbocycles. The number of carbonyl (C=O) groups excluding carboxylic acids is 1. The van der Waals surface area contributed by atoms with Crippen LogP contribution in [0.4, 0.5) is 0 Å². The van der Waals surface area contributed by atoms with Crippen molar-refractivity contribution < 1.29 is 9.53 Å². The third-order valence-corrected chi connectivity index (χ3v) is 4.00. The Morgan fingerprint density at radius 1 is 1.53 bits per heavy atom. The molecular formula is C15H24N2O2. The highest BCUT2D eigenvalue weighted by molar-refractivity contribution is 5.95.